The largest absolute Gasteiger partial charge is 0.375 e. The quantitative estimate of drug-likeness (QED) is 0.738. The summed E-state index contributed by atoms with van der Waals surface area (Å²) >= 11 is 1.35. The number of hydrogen-bond acceptors (Lipinski definition) is 6. The third-order valence-electron chi connectivity index (χ3n) is 2.48. The zero-order chi connectivity index (χ0) is 12.5. The van der Waals surface area contributed by atoms with E-state index in [1.807, 2.05) is 31.2 Å². The SMILES string of the molecule is Cc1ccc(Nc2ncc3nc(N)sc3n2)cc1. The summed E-state index contributed by atoms with van der Waals surface area (Å²) < 4.78 is 0. The number of nitrogens with one attached hydrogen (secondary N) is 1. The zero-order valence-corrected chi connectivity index (χ0v) is 10.5. The maximum absolute atomic E-state index is 5.63. The van der Waals surface area contributed by atoms with Gasteiger partial charge >= 0.3 is 0 Å². The highest BCUT2D eigenvalue weighted by atomic mass is 32.1. The van der Waals surface area contributed by atoms with E-state index in [4.69, 9.17) is 5.73 Å². The number of hydrogen-bond donors (Lipinski definition) is 2. The monoisotopic (exact) mass is 257 g/mol. The number of aryl methyl sites for hydroxylation is 1. The van der Waals surface area contributed by atoms with Crippen molar-refractivity contribution in [2.75, 3.05) is 11.1 Å². The van der Waals surface area contributed by atoms with Crippen molar-refractivity contribution in [2.45, 2.75) is 6.92 Å². The van der Waals surface area contributed by atoms with Crippen LogP contribution in [0.15, 0.2) is 30.5 Å². The summed E-state index contributed by atoms with van der Waals surface area (Å²) in [5.74, 6) is 0.551. The minimum absolute atomic E-state index is 0.506. The van der Waals surface area contributed by atoms with Crippen molar-refractivity contribution in [3.05, 3.63) is 36.0 Å². The van der Waals surface area contributed by atoms with Crippen molar-refractivity contribution in [1.82, 2.24) is 15.0 Å². The molecular weight excluding hydrogens is 246 g/mol. The lowest BCUT2D eigenvalue weighted by atomic mass is 10.2. The highest BCUT2D eigenvalue weighted by Crippen LogP contribution is 2.23. The number of nitrogen functional groups attached to an aromatic ring is 1. The first kappa shape index (κ1) is 10.9. The molecule has 0 atom stereocenters. The highest BCUT2D eigenvalue weighted by molar-refractivity contribution is 7.21. The van der Waals surface area contributed by atoms with E-state index < -0.39 is 0 Å². The molecule has 3 N–H and O–H groups in total. The van der Waals surface area contributed by atoms with Gasteiger partial charge in [-0.1, -0.05) is 29.0 Å². The maximum atomic E-state index is 5.63. The van der Waals surface area contributed by atoms with Gasteiger partial charge in [0, 0.05) is 5.69 Å². The van der Waals surface area contributed by atoms with Crippen LogP contribution in [0, 0.1) is 6.92 Å². The lowest BCUT2D eigenvalue weighted by Crippen LogP contribution is -1.96. The lowest BCUT2D eigenvalue weighted by Gasteiger charge is -2.04. The van der Waals surface area contributed by atoms with Gasteiger partial charge in [0.1, 0.15) is 5.52 Å². The average Bonchev–Trinajstić information content (AvgIpc) is 2.71. The molecule has 2 aromatic heterocycles. The molecule has 0 unspecified atom stereocenters. The average molecular weight is 257 g/mol. The number of nitrogens with zero attached hydrogens (tertiary/aromatic N) is 3. The van der Waals surface area contributed by atoms with E-state index >= 15 is 0 Å². The molecule has 3 aromatic rings. The molecule has 0 radical (unpaired) electrons. The second kappa shape index (κ2) is 4.23. The minimum atomic E-state index is 0.506. The Morgan fingerprint density at radius 1 is 1.17 bits per heavy atom. The molecule has 0 spiro atoms. The lowest BCUT2D eigenvalue weighted by molar-refractivity contribution is 1.21. The first-order valence-corrected chi connectivity index (χ1v) is 6.25. The van der Waals surface area contributed by atoms with Crippen molar-refractivity contribution in [3.63, 3.8) is 0 Å². The Balaban J connectivity index is 1.92. The van der Waals surface area contributed by atoms with Crippen LogP contribution in [0.4, 0.5) is 16.8 Å². The van der Waals surface area contributed by atoms with Crippen LogP contribution in [0.2, 0.25) is 0 Å². The fourth-order valence-electron chi connectivity index (χ4n) is 1.58. The van der Waals surface area contributed by atoms with Gasteiger partial charge in [0.25, 0.3) is 0 Å². The Morgan fingerprint density at radius 3 is 2.72 bits per heavy atom. The van der Waals surface area contributed by atoms with Gasteiger partial charge in [-0.3, -0.25) is 0 Å². The second-order valence-electron chi connectivity index (χ2n) is 3.93. The standard InChI is InChI=1S/C12H11N5S/c1-7-2-4-8(5-3-7)15-12-14-6-9-10(17-12)18-11(13)16-9/h2-6H,1H3,(H2,13,16)(H,14,15,17). The molecule has 0 saturated carbocycles. The Morgan fingerprint density at radius 2 is 1.94 bits per heavy atom. The molecule has 18 heavy (non-hydrogen) atoms. The number of rotatable bonds is 2. The van der Waals surface area contributed by atoms with E-state index in [0.717, 1.165) is 16.0 Å². The summed E-state index contributed by atoms with van der Waals surface area (Å²) in [5, 5.41) is 3.65. The molecule has 90 valence electrons. The molecular formula is C12H11N5S. The van der Waals surface area contributed by atoms with Gasteiger partial charge in [-0.2, -0.15) is 4.98 Å². The third kappa shape index (κ3) is 2.10. The van der Waals surface area contributed by atoms with Crippen molar-refractivity contribution < 1.29 is 0 Å². The summed E-state index contributed by atoms with van der Waals surface area (Å²) in [7, 11) is 0. The Kier molecular flexibility index (Phi) is 2.56. The number of thiazole rings is 1. The molecule has 2 heterocycles. The van der Waals surface area contributed by atoms with E-state index in [9.17, 15) is 0 Å². The van der Waals surface area contributed by atoms with Gasteiger partial charge < -0.3 is 11.1 Å². The van der Waals surface area contributed by atoms with Gasteiger partial charge in [0.15, 0.2) is 9.96 Å². The van der Waals surface area contributed by atoms with E-state index in [2.05, 4.69) is 20.3 Å². The maximum Gasteiger partial charge on any atom is 0.228 e. The molecule has 0 aliphatic rings. The number of nitrogens with two attached hydrogens (primary N) is 1. The normalized spacial score (nSPS) is 10.7. The van der Waals surface area contributed by atoms with Gasteiger partial charge in [0.2, 0.25) is 5.95 Å². The summed E-state index contributed by atoms with van der Waals surface area (Å²) in [6.07, 6.45) is 1.67. The molecule has 0 amide bonds. The summed E-state index contributed by atoms with van der Waals surface area (Å²) in [6, 6.07) is 8.05. The number of fused-ring (bicyclic) bond motifs is 1. The van der Waals surface area contributed by atoms with Crippen molar-refractivity contribution in [1.29, 1.82) is 0 Å². The van der Waals surface area contributed by atoms with Crippen LogP contribution >= 0.6 is 11.3 Å². The molecule has 1 aromatic carbocycles. The van der Waals surface area contributed by atoms with E-state index in [0.29, 0.717) is 11.1 Å². The molecule has 0 saturated heterocycles. The number of anilines is 3. The van der Waals surface area contributed by atoms with Crippen LogP contribution < -0.4 is 11.1 Å². The first-order valence-electron chi connectivity index (χ1n) is 5.43. The Labute approximate surface area is 108 Å². The van der Waals surface area contributed by atoms with Crippen LogP contribution in [0.5, 0.6) is 0 Å². The van der Waals surface area contributed by atoms with E-state index in [-0.39, 0.29) is 0 Å². The fraction of sp³-hybridized carbons (Fsp3) is 0.0833. The minimum Gasteiger partial charge on any atom is -0.375 e. The molecule has 0 aliphatic carbocycles. The zero-order valence-electron chi connectivity index (χ0n) is 9.71. The van der Waals surface area contributed by atoms with Crippen LogP contribution in [-0.2, 0) is 0 Å². The summed E-state index contributed by atoms with van der Waals surface area (Å²) in [5.41, 5.74) is 8.53. The summed E-state index contributed by atoms with van der Waals surface area (Å²) in [6.45, 7) is 2.05. The topological polar surface area (TPSA) is 76.7 Å². The molecule has 0 aliphatic heterocycles. The van der Waals surface area contributed by atoms with E-state index in [1.165, 1.54) is 16.9 Å². The molecule has 3 rings (SSSR count). The Bertz CT molecular complexity index is 689. The Hall–Kier alpha value is -2.21. The predicted molar refractivity (Wildman–Crippen MR) is 74.1 cm³/mol. The highest BCUT2D eigenvalue weighted by Gasteiger charge is 2.05. The second-order valence-corrected chi connectivity index (χ2v) is 4.94. The molecule has 6 heteroatoms. The van der Waals surface area contributed by atoms with Gasteiger partial charge in [-0.25, -0.2) is 9.97 Å². The smallest absolute Gasteiger partial charge is 0.228 e. The van der Waals surface area contributed by atoms with Crippen molar-refractivity contribution >= 4 is 38.5 Å². The van der Waals surface area contributed by atoms with Crippen molar-refractivity contribution in [2.24, 2.45) is 0 Å². The first-order chi connectivity index (χ1) is 8.70. The fourth-order valence-corrected chi connectivity index (χ4v) is 2.26. The predicted octanol–water partition coefficient (Wildman–Crippen LogP) is 2.72. The number of aromatic nitrogens is 3. The number of benzene rings is 1. The van der Waals surface area contributed by atoms with Crippen LogP contribution in [0.25, 0.3) is 10.3 Å². The van der Waals surface area contributed by atoms with Crippen LogP contribution in [0.1, 0.15) is 5.56 Å². The molecule has 5 nitrogen and oxygen atoms in total. The molecule has 0 fully saturated rings. The van der Waals surface area contributed by atoms with Crippen molar-refractivity contribution in [3.8, 4) is 0 Å². The third-order valence-corrected chi connectivity index (χ3v) is 3.27. The van der Waals surface area contributed by atoms with Gasteiger partial charge in [-0.05, 0) is 19.1 Å². The van der Waals surface area contributed by atoms with Crippen LogP contribution in [0.3, 0.4) is 0 Å². The van der Waals surface area contributed by atoms with E-state index in [1.54, 1.807) is 6.20 Å². The van der Waals surface area contributed by atoms with Gasteiger partial charge in [-0.15, -0.1) is 0 Å². The van der Waals surface area contributed by atoms with Crippen LogP contribution in [-0.4, -0.2) is 15.0 Å². The van der Waals surface area contributed by atoms with Gasteiger partial charge in [0.05, 0.1) is 6.20 Å². The summed E-state index contributed by atoms with van der Waals surface area (Å²) in [4.78, 5) is 13.5. The molecule has 0 bridgehead atoms.